The van der Waals surface area contributed by atoms with E-state index in [2.05, 4.69) is 4.98 Å². The summed E-state index contributed by atoms with van der Waals surface area (Å²) in [4.78, 5) is 18.6. The number of aromatic nitrogens is 2. The molecule has 1 aliphatic heterocycles. The van der Waals surface area contributed by atoms with Gasteiger partial charge in [-0.05, 0) is 43.9 Å². The lowest BCUT2D eigenvalue weighted by Gasteiger charge is -2.26. The van der Waals surface area contributed by atoms with E-state index in [0.29, 0.717) is 18.9 Å². The number of rotatable bonds is 3. The molecule has 112 valence electrons. The molecule has 0 radical (unpaired) electrons. The number of carbonyl (C=O) groups is 1. The van der Waals surface area contributed by atoms with Gasteiger partial charge in [0.1, 0.15) is 0 Å². The fourth-order valence-corrected chi connectivity index (χ4v) is 3.00. The second-order valence-corrected chi connectivity index (χ2v) is 5.81. The lowest BCUT2D eigenvalue weighted by Crippen LogP contribution is -2.36. The molecule has 1 saturated heterocycles. The Kier molecular flexibility index (Phi) is 3.82. The van der Waals surface area contributed by atoms with Crippen molar-refractivity contribution in [2.24, 2.45) is 0 Å². The molecule has 1 aromatic carbocycles. The summed E-state index contributed by atoms with van der Waals surface area (Å²) in [5, 5.41) is 0. The summed E-state index contributed by atoms with van der Waals surface area (Å²) in [6.07, 6.45) is 3.98. The quantitative estimate of drug-likeness (QED) is 0.942. The number of nitrogens with two attached hydrogens (primary N) is 1. The van der Waals surface area contributed by atoms with Crippen molar-refractivity contribution in [1.29, 1.82) is 0 Å². The topological polar surface area (TPSA) is 64.1 Å². The number of nitrogens with zero attached hydrogens (tertiary/aromatic N) is 3. The van der Waals surface area contributed by atoms with Crippen LogP contribution in [0.3, 0.4) is 0 Å². The van der Waals surface area contributed by atoms with Crippen molar-refractivity contribution in [2.75, 3.05) is 18.8 Å². The highest BCUT2D eigenvalue weighted by molar-refractivity contribution is 5.80. The Morgan fingerprint density at radius 1 is 1.29 bits per heavy atom. The van der Waals surface area contributed by atoms with Gasteiger partial charge in [-0.15, -0.1) is 0 Å². The third-order valence-corrected chi connectivity index (χ3v) is 4.19. The van der Waals surface area contributed by atoms with E-state index in [1.807, 2.05) is 34.6 Å². The van der Waals surface area contributed by atoms with Crippen molar-refractivity contribution in [1.82, 2.24) is 14.5 Å². The van der Waals surface area contributed by atoms with Crippen molar-refractivity contribution < 1.29 is 4.79 Å². The average molecular weight is 286 g/mol. The van der Waals surface area contributed by atoms with E-state index in [9.17, 15) is 4.79 Å². The van der Waals surface area contributed by atoms with Crippen LogP contribution in [0, 0.1) is 6.92 Å². The number of aryl methyl sites for hydroxylation is 2. The predicted octanol–water partition coefficient (Wildman–Crippen LogP) is 2.33. The van der Waals surface area contributed by atoms with Gasteiger partial charge in [-0.3, -0.25) is 4.79 Å². The minimum atomic E-state index is 0.225. The Morgan fingerprint density at radius 3 is 2.81 bits per heavy atom. The summed E-state index contributed by atoms with van der Waals surface area (Å²) in [5.74, 6) is 0.713. The first-order valence-corrected chi connectivity index (χ1v) is 7.65. The van der Waals surface area contributed by atoms with Crippen molar-refractivity contribution in [3.63, 3.8) is 0 Å². The first kappa shape index (κ1) is 13.9. The molecule has 0 bridgehead atoms. The Hall–Kier alpha value is -2.04. The fourth-order valence-electron chi connectivity index (χ4n) is 3.00. The molecule has 5 nitrogen and oxygen atoms in total. The fraction of sp³-hybridized carbons (Fsp3) is 0.500. The molecule has 21 heavy (non-hydrogen) atoms. The van der Waals surface area contributed by atoms with Crippen LogP contribution in [0.5, 0.6) is 0 Å². The van der Waals surface area contributed by atoms with Crippen molar-refractivity contribution in [3.8, 4) is 0 Å². The van der Waals surface area contributed by atoms with Gasteiger partial charge in [-0.2, -0.15) is 0 Å². The number of hydrogen-bond donors (Lipinski definition) is 1. The normalized spacial score (nSPS) is 15.6. The highest BCUT2D eigenvalue weighted by atomic mass is 16.2. The van der Waals surface area contributed by atoms with Gasteiger partial charge in [-0.1, -0.05) is 6.07 Å². The average Bonchev–Trinajstić information content (AvgIpc) is 2.80. The van der Waals surface area contributed by atoms with E-state index in [4.69, 9.17) is 5.73 Å². The highest BCUT2D eigenvalue weighted by Crippen LogP contribution is 2.20. The third kappa shape index (κ3) is 2.86. The number of imidazole rings is 1. The smallest absolute Gasteiger partial charge is 0.224 e. The molecule has 2 heterocycles. The van der Waals surface area contributed by atoms with Crippen LogP contribution >= 0.6 is 0 Å². The maximum Gasteiger partial charge on any atom is 0.224 e. The van der Waals surface area contributed by atoms with Crippen molar-refractivity contribution in [2.45, 2.75) is 39.2 Å². The van der Waals surface area contributed by atoms with E-state index in [0.717, 1.165) is 42.5 Å². The van der Waals surface area contributed by atoms with E-state index in [-0.39, 0.29) is 5.91 Å². The van der Waals surface area contributed by atoms with Crippen LogP contribution in [0.25, 0.3) is 11.0 Å². The molecule has 1 aliphatic rings. The number of likely N-dealkylation sites (tertiary alicyclic amines) is 1. The van der Waals surface area contributed by atoms with E-state index in [1.54, 1.807) is 0 Å². The molecule has 0 atom stereocenters. The minimum Gasteiger partial charge on any atom is -0.369 e. The Labute approximate surface area is 124 Å². The number of anilines is 1. The standard InChI is InChI=1S/C16H22N4O/c1-12-5-6-14-13(11-12)18-16(17)20(14)10-7-15(21)19-8-3-2-4-9-19/h5-6,11H,2-4,7-10H2,1H3,(H2,17,18). The summed E-state index contributed by atoms with van der Waals surface area (Å²) in [5.41, 5.74) is 9.06. The minimum absolute atomic E-state index is 0.225. The van der Waals surface area contributed by atoms with Gasteiger partial charge in [0.25, 0.3) is 0 Å². The molecule has 1 aromatic heterocycles. The zero-order valence-corrected chi connectivity index (χ0v) is 12.5. The van der Waals surface area contributed by atoms with Crippen LogP contribution in [0.2, 0.25) is 0 Å². The molecule has 0 aliphatic carbocycles. The number of amides is 1. The van der Waals surface area contributed by atoms with Gasteiger partial charge in [0.15, 0.2) is 0 Å². The van der Waals surface area contributed by atoms with Gasteiger partial charge in [0.05, 0.1) is 11.0 Å². The maximum atomic E-state index is 12.2. The molecule has 0 unspecified atom stereocenters. The summed E-state index contributed by atoms with van der Waals surface area (Å²) < 4.78 is 1.94. The number of carbonyl (C=O) groups excluding carboxylic acids is 1. The first-order valence-electron chi connectivity index (χ1n) is 7.65. The molecular weight excluding hydrogens is 264 g/mol. The zero-order valence-electron chi connectivity index (χ0n) is 12.5. The SMILES string of the molecule is Cc1ccc2c(c1)nc(N)n2CCC(=O)N1CCCCC1. The van der Waals surface area contributed by atoms with Crippen LogP contribution < -0.4 is 5.73 Å². The van der Waals surface area contributed by atoms with Crippen molar-refractivity contribution >= 4 is 22.9 Å². The molecule has 1 amide bonds. The van der Waals surface area contributed by atoms with Gasteiger partial charge in [0.2, 0.25) is 11.9 Å². The van der Waals surface area contributed by atoms with Gasteiger partial charge in [0, 0.05) is 26.1 Å². The van der Waals surface area contributed by atoms with Crippen molar-refractivity contribution in [3.05, 3.63) is 23.8 Å². The van der Waals surface area contributed by atoms with Gasteiger partial charge < -0.3 is 15.2 Å². The molecule has 0 saturated carbocycles. The maximum absolute atomic E-state index is 12.2. The Morgan fingerprint density at radius 2 is 2.05 bits per heavy atom. The molecule has 2 N–H and O–H groups in total. The van der Waals surface area contributed by atoms with Crippen LogP contribution in [0.1, 0.15) is 31.2 Å². The van der Waals surface area contributed by atoms with Crippen LogP contribution in [0.15, 0.2) is 18.2 Å². The second kappa shape index (κ2) is 5.76. The number of piperidine rings is 1. The van der Waals surface area contributed by atoms with E-state index in [1.165, 1.54) is 6.42 Å². The summed E-state index contributed by atoms with van der Waals surface area (Å²) in [7, 11) is 0. The van der Waals surface area contributed by atoms with Gasteiger partial charge >= 0.3 is 0 Å². The van der Waals surface area contributed by atoms with Crippen LogP contribution in [0.4, 0.5) is 5.95 Å². The van der Waals surface area contributed by atoms with Crippen LogP contribution in [-0.2, 0) is 11.3 Å². The zero-order chi connectivity index (χ0) is 14.8. The molecule has 5 heteroatoms. The largest absolute Gasteiger partial charge is 0.369 e. The molecule has 1 fully saturated rings. The predicted molar refractivity (Wildman–Crippen MR) is 83.9 cm³/mol. The summed E-state index contributed by atoms with van der Waals surface area (Å²) >= 11 is 0. The summed E-state index contributed by atoms with van der Waals surface area (Å²) in [6, 6.07) is 6.10. The molecule has 0 spiro atoms. The van der Waals surface area contributed by atoms with E-state index >= 15 is 0 Å². The van der Waals surface area contributed by atoms with E-state index < -0.39 is 0 Å². The number of benzene rings is 1. The third-order valence-electron chi connectivity index (χ3n) is 4.19. The lowest BCUT2D eigenvalue weighted by atomic mass is 10.1. The Bertz CT molecular complexity index is 656. The second-order valence-electron chi connectivity index (χ2n) is 5.81. The monoisotopic (exact) mass is 286 g/mol. The molecule has 2 aromatic rings. The molecular formula is C16H22N4O. The van der Waals surface area contributed by atoms with Gasteiger partial charge in [-0.25, -0.2) is 4.98 Å². The number of fused-ring (bicyclic) bond motifs is 1. The number of hydrogen-bond acceptors (Lipinski definition) is 3. The van der Waals surface area contributed by atoms with Crippen LogP contribution in [-0.4, -0.2) is 33.4 Å². The molecule has 3 rings (SSSR count). The highest BCUT2D eigenvalue weighted by Gasteiger charge is 2.17. The Balaban J connectivity index is 1.72. The number of nitrogen functional groups attached to an aromatic ring is 1. The lowest BCUT2D eigenvalue weighted by molar-refractivity contribution is -0.132. The first-order chi connectivity index (χ1) is 10.1. The summed E-state index contributed by atoms with van der Waals surface area (Å²) in [6.45, 7) is 4.44.